The van der Waals surface area contributed by atoms with Crippen LogP contribution in [0.3, 0.4) is 0 Å². The molecule has 1 saturated heterocycles. The van der Waals surface area contributed by atoms with E-state index in [4.69, 9.17) is 4.98 Å². The van der Waals surface area contributed by atoms with E-state index in [0.717, 1.165) is 17.7 Å². The minimum Gasteiger partial charge on any atom is -0.395 e. The van der Waals surface area contributed by atoms with Crippen LogP contribution in [0.2, 0.25) is 0 Å². The standard InChI is InChI=1S/C20H21N3O3S/c1-13-8-9-17(27-13)20(26)22-10-4-7-16(22)18-21-15-6-3-2-5-14(15)19(25)23(18)11-12-24/h2-3,5-6,8-9,16,24H,4,7,10-12H2,1H3. The molecule has 2 aromatic heterocycles. The van der Waals surface area contributed by atoms with Gasteiger partial charge in [0.2, 0.25) is 0 Å². The van der Waals surface area contributed by atoms with Gasteiger partial charge in [0.05, 0.1) is 35.0 Å². The maximum Gasteiger partial charge on any atom is 0.264 e. The summed E-state index contributed by atoms with van der Waals surface area (Å²) in [5, 5.41) is 10.0. The second-order valence-electron chi connectivity index (χ2n) is 6.73. The third-order valence-corrected chi connectivity index (χ3v) is 5.97. The van der Waals surface area contributed by atoms with Gasteiger partial charge in [0.25, 0.3) is 11.5 Å². The maximum atomic E-state index is 13.0. The van der Waals surface area contributed by atoms with Gasteiger partial charge in [-0.15, -0.1) is 11.3 Å². The van der Waals surface area contributed by atoms with Gasteiger partial charge in [0.1, 0.15) is 5.82 Å². The molecule has 1 aromatic carbocycles. The van der Waals surface area contributed by atoms with Gasteiger partial charge in [0.15, 0.2) is 0 Å². The number of likely N-dealkylation sites (tertiary alicyclic amines) is 1. The number of carbonyl (C=O) groups excluding carboxylic acids is 1. The fraction of sp³-hybridized carbons (Fsp3) is 0.350. The fourth-order valence-corrected chi connectivity index (χ4v) is 4.55. The molecule has 1 N–H and O–H groups in total. The predicted molar refractivity (Wildman–Crippen MR) is 105 cm³/mol. The van der Waals surface area contributed by atoms with E-state index in [-0.39, 0.29) is 30.7 Å². The molecule has 0 radical (unpaired) electrons. The molecule has 1 aliphatic heterocycles. The quantitative estimate of drug-likeness (QED) is 0.752. The van der Waals surface area contributed by atoms with Crippen molar-refractivity contribution in [3.05, 3.63) is 62.3 Å². The average Bonchev–Trinajstić information content (AvgIpc) is 3.32. The van der Waals surface area contributed by atoms with Gasteiger partial charge < -0.3 is 10.0 Å². The second kappa shape index (κ2) is 7.25. The number of hydrogen-bond donors (Lipinski definition) is 1. The van der Waals surface area contributed by atoms with Gasteiger partial charge >= 0.3 is 0 Å². The lowest BCUT2D eigenvalue weighted by Gasteiger charge is -2.26. The smallest absolute Gasteiger partial charge is 0.264 e. The highest BCUT2D eigenvalue weighted by Crippen LogP contribution is 2.33. The molecule has 6 nitrogen and oxygen atoms in total. The lowest BCUT2D eigenvalue weighted by Crippen LogP contribution is -2.35. The lowest BCUT2D eigenvalue weighted by atomic mass is 10.1. The topological polar surface area (TPSA) is 75.4 Å². The van der Waals surface area contributed by atoms with Crippen molar-refractivity contribution in [1.29, 1.82) is 0 Å². The number of amides is 1. The summed E-state index contributed by atoms with van der Waals surface area (Å²) in [7, 11) is 0. The molecule has 3 heterocycles. The number of aliphatic hydroxyl groups excluding tert-OH is 1. The first-order valence-corrected chi connectivity index (χ1v) is 9.89. The van der Waals surface area contributed by atoms with E-state index in [1.54, 1.807) is 12.1 Å². The number of nitrogens with zero attached hydrogens (tertiary/aromatic N) is 3. The van der Waals surface area contributed by atoms with Crippen LogP contribution in [0.25, 0.3) is 10.9 Å². The number of fused-ring (bicyclic) bond motifs is 1. The lowest BCUT2D eigenvalue weighted by molar-refractivity contribution is 0.0731. The van der Waals surface area contributed by atoms with Crippen molar-refractivity contribution >= 4 is 28.1 Å². The fourth-order valence-electron chi connectivity index (χ4n) is 3.72. The van der Waals surface area contributed by atoms with Crippen LogP contribution in [0, 0.1) is 6.92 Å². The molecule has 1 amide bonds. The molecule has 1 fully saturated rings. The third kappa shape index (κ3) is 3.17. The third-order valence-electron chi connectivity index (χ3n) is 4.98. The Morgan fingerprint density at radius 3 is 2.85 bits per heavy atom. The predicted octanol–water partition coefficient (Wildman–Crippen LogP) is 2.74. The van der Waals surface area contributed by atoms with Crippen molar-refractivity contribution in [2.75, 3.05) is 13.2 Å². The van der Waals surface area contributed by atoms with Crippen LogP contribution in [0.4, 0.5) is 0 Å². The van der Waals surface area contributed by atoms with Crippen LogP contribution in [0.15, 0.2) is 41.2 Å². The maximum absolute atomic E-state index is 13.0. The van der Waals surface area contributed by atoms with E-state index >= 15 is 0 Å². The second-order valence-corrected chi connectivity index (χ2v) is 8.02. The molecule has 27 heavy (non-hydrogen) atoms. The number of aliphatic hydroxyl groups is 1. The van der Waals surface area contributed by atoms with E-state index in [0.29, 0.717) is 28.1 Å². The van der Waals surface area contributed by atoms with Gasteiger partial charge in [0, 0.05) is 11.4 Å². The molecule has 7 heteroatoms. The first-order chi connectivity index (χ1) is 13.1. The Kier molecular flexibility index (Phi) is 4.80. The molecular formula is C20H21N3O3S. The van der Waals surface area contributed by atoms with Crippen LogP contribution in [-0.4, -0.2) is 38.6 Å². The molecule has 1 atom stereocenters. The monoisotopic (exact) mass is 383 g/mol. The molecule has 0 spiro atoms. The Hall–Kier alpha value is -2.51. The molecule has 4 rings (SSSR count). The summed E-state index contributed by atoms with van der Waals surface area (Å²) in [6.07, 6.45) is 1.62. The number of rotatable bonds is 4. The Morgan fingerprint density at radius 2 is 2.11 bits per heavy atom. The number of carbonyl (C=O) groups is 1. The van der Waals surface area contributed by atoms with Crippen LogP contribution in [0.1, 0.15) is 39.3 Å². The highest BCUT2D eigenvalue weighted by molar-refractivity contribution is 7.13. The van der Waals surface area contributed by atoms with E-state index in [9.17, 15) is 14.7 Å². The van der Waals surface area contributed by atoms with E-state index in [1.807, 2.05) is 36.1 Å². The summed E-state index contributed by atoms with van der Waals surface area (Å²) in [4.78, 5) is 34.3. The summed E-state index contributed by atoms with van der Waals surface area (Å²) < 4.78 is 1.53. The molecule has 140 valence electrons. The van der Waals surface area contributed by atoms with Crippen molar-refractivity contribution in [3.8, 4) is 0 Å². The summed E-state index contributed by atoms with van der Waals surface area (Å²) in [6.45, 7) is 2.63. The number of benzene rings is 1. The molecular weight excluding hydrogens is 362 g/mol. The average molecular weight is 383 g/mol. The van der Waals surface area contributed by atoms with Crippen LogP contribution in [0.5, 0.6) is 0 Å². The molecule has 0 bridgehead atoms. The molecule has 0 saturated carbocycles. The van der Waals surface area contributed by atoms with E-state index in [2.05, 4.69) is 0 Å². The van der Waals surface area contributed by atoms with Gasteiger partial charge in [-0.1, -0.05) is 12.1 Å². The highest BCUT2D eigenvalue weighted by atomic mass is 32.1. The Bertz CT molecular complexity index is 1060. The number of hydrogen-bond acceptors (Lipinski definition) is 5. The van der Waals surface area contributed by atoms with Gasteiger partial charge in [-0.2, -0.15) is 0 Å². The Morgan fingerprint density at radius 1 is 1.30 bits per heavy atom. The summed E-state index contributed by atoms with van der Waals surface area (Å²) in [6, 6.07) is 10.7. The molecule has 1 aliphatic rings. The molecule has 0 aliphatic carbocycles. The van der Waals surface area contributed by atoms with Gasteiger partial charge in [-0.05, 0) is 44.0 Å². The minimum absolute atomic E-state index is 0.0199. The largest absolute Gasteiger partial charge is 0.395 e. The highest BCUT2D eigenvalue weighted by Gasteiger charge is 2.34. The van der Waals surface area contributed by atoms with Crippen molar-refractivity contribution in [3.63, 3.8) is 0 Å². The Balaban J connectivity index is 1.81. The van der Waals surface area contributed by atoms with Gasteiger partial charge in [-0.25, -0.2) is 4.98 Å². The van der Waals surface area contributed by atoms with E-state index < -0.39 is 0 Å². The summed E-state index contributed by atoms with van der Waals surface area (Å²) >= 11 is 1.48. The summed E-state index contributed by atoms with van der Waals surface area (Å²) in [5.74, 6) is 0.542. The molecule has 3 aromatic rings. The van der Waals surface area contributed by atoms with E-state index in [1.165, 1.54) is 15.9 Å². The van der Waals surface area contributed by atoms with Crippen molar-refractivity contribution in [2.45, 2.75) is 32.4 Å². The number of aromatic nitrogens is 2. The summed E-state index contributed by atoms with van der Waals surface area (Å²) in [5.41, 5.74) is 0.453. The zero-order chi connectivity index (χ0) is 19.0. The normalized spacial score (nSPS) is 17.0. The zero-order valence-corrected chi connectivity index (χ0v) is 15.9. The van der Waals surface area contributed by atoms with Crippen molar-refractivity contribution in [1.82, 2.24) is 14.5 Å². The number of para-hydroxylation sites is 1. The number of aryl methyl sites for hydroxylation is 1. The van der Waals surface area contributed by atoms with Crippen LogP contribution >= 0.6 is 11.3 Å². The Labute approximate surface area is 160 Å². The van der Waals surface area contributed by atoms with Crippen molar-refractivity contribution in [2.24, 2.45) is 0 Å². The van der Waals surface area contributed by atoms with Crippen LogP contribution in [-0.2, 0) is 6.54 Å². The van der Waals surface area contributed by atoms with Crippen molar-refractivity contribution < 1.29 is 9.90 Å². The number of thiophene rings is 1. The van der Waals surface area contributed by atoms with Gasteiger partial charge in [-0.3, -0.25) is 14.2 Å². The van der Waals surface area contributed by atoms with Crippen LogP contribution < -0.4 is 5.56 Å². The SMILES string of the molecule is Cc1ccc(C(=O)N2CCCC2c2nc3ccccc3c(=O)n2CCO)s1. The molecule has 1 unspecified atom stereocenters. The minimum atomic E-state index is -0.260. The first kappa shape index (κ1) is 17.9. The zero-order valence-electron chi connectivity index (χ0n) is 15.1. The first-order valence-electron chi connectivity index (χ1n) is 9.08.